The second-order valence-corrected chi connectivity index (χ2v) is 7.48. The molecule has 0 radical (unpaired) electrons. The van der Waals surface area contributed by atoms with Crippen LogP contribution in [0.25, 0.3) is 10.9 Å². The Hall–Kier alpha value is -1.95. The van der Waals surface area contributed by atoms with Crippen molar-refractivity contribution in [3.8, 4) is 0 Å². The molecule has 0 unspecified atom stereocenters. The summed E-state index contributed by atoms with van der Waals surface area (Å²) in [5.74, 6) is 0.825. The van der Waals surface area contributed by atoms with E-state index >= 15 is 0 Å². The summed E-state index contributed by atoms with van der Waals surface area (Å²) in [5.41, 5.74) is 0.985. The Morgan fingerprint density at radius 2 is 2.08 bits per heavy atom. The van der Waals surface area contributed by atoms with Crippen LogP contribution in [0.4, 0.5) is 0 Å². The van der Waals surface area contributed by atoms with Crippen LogP contribution < -0.4 is 10.9 Å². The summed E-state index contributed by atoms with van der Waals surface area (Å²) >= 11 is 5.27. The highest BCUT2D eigenvalue weighted by Gasteiger charge is 2.53. The molecule has 0 atom stereocenters. The lowest BCUT2D eigenvalue weighted by Crippen LogP contribution is -2.33. The molecule has 2 aliphatic rings. The largest absolute Gasteiger partial charge is 0.355 e. The lowest BCUT2D eigenvalue weighted by Gasteiger charge is -2.15. The number of para-hydroxylation sites is 1. The van der Waals surface area contributed by atoms with Crippen molar-refractivity contribution in [1.29, 1.82) is 0 Å². The van der Waals surface area contributed by atoms with Crippen LogP contribution in [-0.2, 0) is 11.3 Å². The summed E-state index contributed by atoms with van der Waals surface area (Å²) in [6.45, 7) is 1.09. The minimum absolute atomic E-state index is 0.00335. The number of amides is 1. The summed E-state index contributed by atoms with van der Waals surface area (Å²) in [4.78, 5) is 27.7. The van der Waals surface area contributed by atoms with E-state index in [-0.39, 0.29) is 17.9 Å². The average Bonchev–Trinajstić information content (AvgIpc) is 3.46. The molecule has 0 saturated heterocycles. The number of hydrogen-bond acceptors (Lipinski definition) is 3. The fourth-order valence-electron chi connectivity index (χ4n) is 3.56. The first-order valence-corrected chi connectivity index (χ1v) is 8.98. The fraction of sp³-hybridized carbons (Fsp3) is 0.500. The summed E-state index contributed by atoms with van der Waals surface area (Å²) in [6.07, 6.45) is 5.40. The molecular weight excluding hydrogens is 322 g/mol. The maximum Gasteiger partial charge on any atom is 0.262 e. The van der Waals surface area contributed by atoms with Crippen LogP contribution in [0, 0.1) is 16.1 Å². The van der Waals surface area contributed by atoms with Crippen LogP contribution in [0.1, 0.15) is 32.1 Å². The van der Waals surface area contributed by atoms with E-state index in [1.165, 1.54) is 30.3 Å². The number of rotatable bonds is 6. The Kier molecular flexibility index (Phi) is 3.79. The van der Waals surface area contributed by atoms with Crippen LogP contribution in [0.3, 0.4) is 0 Å². The molecule has 0 aliphatic heterocycles. The SMILES string of the molecule is O=C(CCn1c(=S)[nH]c2ccccc2c1=O)NCC1(C2CC2)CC1. The molecule has 2 aliphatic carbocycles. The van der Waals surface area contributed by atoms with E-state index in [0.717, 1.165) is 18.0 Å². The van der Waals surface area contributed by atoms with Crippen molar-refractivity contribution in [1.82, 2.24) is 14.9 Å². The zero-order valence-corrected chi connectivity index (χ0v) is 14.3. The van der Waals surface area contributed by atoms with Gasteiger partial charge in [0.05, 0.1) is 10.9 Å². The minimum atomic E-state index is -0.140. The number of aromatic nitrogens is 2. The molecule has 126 valence electrons. The van der Waals surface area contributed by atoms with E-state index in [0.29, 0.717) is 22.1 Å². The molecule has 1 aromatic carbocycles. The monoisotopic (exact) mass is 343 g/mol. The number of benzene rings is 1. The second-order valence-electron chi connectivity index (χ2n) is 7.10. The van der Waals surface area contributed by atoms with Crippen LogP contribution in [0.15, 0.2) is 29.1 Å². The first-order valence-electron chi connectivity index (χ1n) is 8.58. The third-order valence-electron chi connectivity index (χ3n) is 5.43. The Morgan fingerprint density at radius 3 is 2.79 bits per heavy atom. The van der Waals surface area contributed by atoms with Gasteiger partial charge in [0.15, 0.2) is 4.77 Å². The van der Waals surface area contributed by atoms with Crippen LogP contribution in [-0.4, -0.2) is 22.0 Å². The Balaban J connectivity index is 1.42. The molecule has 1 aromatic heterocycles. The van der Waals surface area contributed by atoms with Crippen molar-refractivity contribution in [2.45, 2.75) is 38.6 Å². The molecule has 1 amide bonds. The number of carbonyl (C=O) groups excluding carboxylic acids is 1. The van der Waals surface area contributed by atoms with Crippen molar-refractivity contribution in [3.63, 3.8) is 0 Å². The predicted molar refractivity (Wildman–Crippen MR) is 95.4 cm³/mol. The molecule has 4 rings (SSSR count). The van der Waals surface area contributed by atoms with E-state index in [1.807, 2.05) is 18.2 Å². The standard InChI is InChI=1S/C18H21N3O2S/c22-15(19-11-18(8-9-18)12-5-6-12)7-10-21-16(23)13-3-1-2-4-14(13)20-17(21)24/h1-4,12H,5-11H2,(H,19,22)(H,20,24). The highest BCUT2D eigenvalue weighted by Crippen LogP contribution is 2.60. The normalized spacial score (nSPS) is 18.5. The maximum absolute atomic E-state index is 12.5. The van der Waals surface area contributed by atoms with Crippen molar-refractivity contribution in [2.24, 2.45) is 11.3 Å². The third kappa shape index (κ3) is 2.90. The zero-order valence-electron chi connectivity index (χ0n) is 13.5. The predicted octanol–water partition coefficient (Wildman–Crippen LogP) is 2.76. The van der Waals surface area contributed by atoms with Gasteiger partial charge in [-0.2, -0.15) is 0 Å². The first-order chi connectivity index (χ1) is 11.6. The van der Waals surface area contributed by atoms with Gasteiger partial charge in [-0.1, -0.05) is 12.1 Å². The van der Waals surface area contributed by atoms with Gasteiger partial charge in [0.25, 0.3) is 5.56 Å². The number of nitrogens with zero attached hydrogens (tertiary/aromatic N) is 1. The molecule has 0 bridgehead atoms. The molecule has 1 heterocycles. The quantitative estimate of drug-likeness (QED) is 0.793. The fourth-order valence-corrected chi connectivity index (χ4v) is 3.85. The molecule has 24 heavy (non-hydrogen) atoms. The van der Waals surface area contributed by atoms with Crippen LogP contribution in [0.2, 0.25) is 0 Å². The summed E-state index contributed by atoms with van der Waals surface area (Å²) in [7, 11) is 0. The Bertz CT molecular complexity index is 906. The smallest absolute Gasteiger partial charge is 0.262 e. The highest BCUT2D eigenvalue weighted by atomic mass is 32.1. The van der Waals surface area contributed by atoms with Gasteiger partial charge in [-0.25, -0.2) is 0 Å². The zero-order chi connectivity index (χ0) is 16.7. The van der Waals surface area contributed by atoms with Gasteiger partial charge in [-0.05, 0) is 61.4 Å². The van der Waals surface area contributed by atoms with E-state index in [4.69, 9.17) is 12.2 Å². The van der Waals surface area contributed by atoms with Gasteiger partial charge in [0, 0.05) is 19.5 Å². The Morgan fingerprint density at radius 1 is 1.33 bits per heavy atom. The summed E-state index contributed by atoms with van der Waals surface area (Å²) < 4.78 is 1.84. The van der Waals surface area contributed by atoms with E-state index in [9.17, 15) is 9.59 Å². The number of nitrogens with one attached hydrogen (secondary N) is 2. The second kappa shape index (κ2) is 5.84. The van der Waals surface area contributed by atoms with Gasteiger partial charge in [0.2, 0.25) is 5.91 Å². The van der Waals surface area contributed by atoms with Gasteiger partial charge < -0.3 is 10.3 Å². The molecule has 2 N–H and O–H groups in total. The van der Waals surface area contributed by atoms with Gasteiger partial charge in [-0.3, -0.25) is 14.2 Å². The number of hydrogen-bond donors (Lipinski definition) is 2. The van der Waals surface area contributed by atoms with E-state index in [1.54, 1.807) is 6.07 Å². The van der Waals surface area contributed by atoms with Gasteiger partial charge >= 0.3 is 0 Å². The van der Waals surface area contributed by atoms with Gasteiger partial charge in [-0.15, -0.1) is 0 Å². The van der Waals surface area contributed by atoms with Crippen molar-refractivity contribution < 1.29 is 4.79 Å². The first kappa shape index (κ1) is 15.6. The molecule has 2 aromatic rings. The van der Waals surface area contributed by atoms with Gasteiger partial charge in [0.1, 0.15) is 0 Å². The molecule has 2 saturated carbocycles. The number of H-pyrrole nitrogens is 1. The minimum Gasteiger partial charge on any atom is -0.355 e. The van der Waals surface area contributed by atoms with Crippen molar-refractivity contribution in [2.75, 3.05) is 6.54 Å². The lowest BCUT2D eigenvalue weighted by atomic mass is 10.0. The summed E-state index contributed by atoms with van der Waals surface area (Å²) in [6, 6.07) is 7.28. The molecule has 6 heteroatoms. The van der Waals surface area contributed by atoms with Crippen molar-refractivity contribution >= 4 is 29.0 Å². The van der Waals surface area contributed by atoms with Crippen LogP contribution in [0.5, 0.6) is 0 Å². The highest BCUT2D eigenvalue weighted by molar-refractivity contribution is 7.71. The third-order valence-corrected chi connectivity index (χ3v) is 5.75. The summed E-state index contributed by atoms with van der Waals surface area (Å²) in [5, 5.41) is 3.65. The molecule has 5 nitrogen and oxygen atoms in total. The number of aromatic amines is 1. The van der Waals surface area contributed by atoms with E-state index in [2.05, 4.69) is 10.3 Å². The maximum atomic E-state index is 12.5. The molecular formula is C18H21N3O2S. The average molecular weight is 343 g/mol. The topological polar surface area (TPSA) is 66.9 Å². The van der Waals surface area contributed by atoms with E-state index < -0.39 is 0 Å². The molecule has 0 spiro atoms. The lowest BCUT2D eigenvalue weighted by molar-refractivity contribution is -0.121. The molecule has 2 fully saturated rings. The van der Waals surface area contributed by atoms with Crippen LogP contribution >= 0.6 is 12.2 Å². The number of fused-ring (bicyclic) bond motifs is 1. The van der Waals surface area contributed by atoms with Crippen molar-refractivity contribution in [3.05, 3.63) is 39.4 Å². The Labute approximate surface area is 145 Å². The number of carbonyl (C=O) groups is 1.